The molecule has 1 fully saturated rings. The third-order valence-electron chi connectivity index (χ3n) is 10.7. The molecular formula is C45H54N6O8. The molecule has 59 heavy (non-hydrogen) atoms. The lowest BCUT2D eigenvalue weighted by molar-refractivity contribution is -0.140. The number of carbonyl (C=O) groups excluding carboxylic acids is 5. The van der Waals surface area contributed by atoms with E-state index in [2.05, 4.69) is 35.1 Å². The highest BCUT2D eigenvalue weighted by molar-refractivity contribution is 6.07. The molecule has 3 aliphatic rings. The summed E-state index contributed by atoms with van der Waals surface area (Å²) in [7, 11) is 3.16. The van der Waals surface area contributed by atoms with E-state index < -0.39 is 47.3 Å². The van der Waals surface area contributed by atoms with Crippen LogP contribution in [0.2, 0.25) is 0 Å². The van der Waals surface area contributed by atoms with Gasteiger partial charge in [-0.2, -0.15) is 0 Å². The molecule has 0 saturated heterocycles. The van der Waals surface area contributed by atoms with Crippen LogP contribution in [0.4, 0.5) is 0 Å². The number of rotatable bonds is 9. The van der Waals surface area contributed by atoms with Gasteiger partial charge in [-0.3, -0.25) is 28.8 Å². The highest BCUT2D eigenvalue weighted by atomic mass is 16.5. The number of nitrogens with zero attached hydrogens (tertiary/aromatic N) is 2. The Bertz CT molecular complexity index is 2220. The van der Waals surface area contributed by atoms with E-state index in [1.54, 1.807) is 93.9 Å². The molecular weight excluding hydrogens is 753 g/mol. The summed E-state index contributed by atoms with van der Waals surface area (Å²) < 4.78 is 12.9. The van der Waals surface area contributed by atoms with E-state index >= 15 is 0 Å². The van der Waals surface area contributed by atoms with Crippen molar-refractivity contribution in [3.05, 3.63) is 106 Å². The first-order valence-corrected chi connectivity index (χ1v) is 20.2. The summed E-state index contributed by atoms with van der Waals surface area (Å²) >= 11 is 0. The maximum atomic E-state index is 14.4. The lowest BCUT2D eigenvalue weighted by Crippen LogP contribution is -2.58. The number of benzene rings is 3. The second-order valence-corrected chi connectivity index (χ2v) is 16.1. The van der Waals surface area contributed by atoms with E-state index in [0.717, 1.165) is 12.8 Å². The van der Waals surface area contributed by atoms with Crippen molar-refractivity contribution < 1.29 is 33.4 Å². The Morgan fingerprint density at radius 2 is 1.63 bits per heavy atom. The topological polar surface area (TPSA) is 177 Å². The van der Waals surface area contributed by atoms with Gasteiger partial charge in [0.15, 0.2) is 0 Å². The van der Waals surface area contributed by atoms with Crippen molar-refractivity contribution in [3.8, 4) is 11.5 Å². The molecule has 2 bridgehead atoms. The first-order valence-electron chi connectivity index (χ1n) is 20.2. The van der Waals surface area contributed by atoms with Crippen molar-refractivity contribution in [3.63, 3.8) is 0 Å². The van der Waals surface area contributed by atoms with E-state index in [0.29, 0.717) is 46.5 Å². The largest absolute Gasteiger partial charge is 0.497 e. The van der Waals surface area contributed by atoms with E-state index in [4.69, 9.17) is 9.47 Å². The molecule has 5 amide bonds. The van der Waals surface area contributed by atoms with Gasteiger partial charge in [-0.05, 0) is 79.5 Å². The summed E-state index contributed by atoms with van der Waals surface area (Å²) in [6.07, 6.45) is 2.59. The van der Waals surface area contributed by atoms with Gasteiger partial charge in [0, 0.05) is 37.9 Å². The van der Waals surface area contributed by atoms with Crippen molar-refractivity contribution >= 4 is 40.4 Å². The summed E-state index contributed by atoms with van der Waals surface area (Å²) in [6, 6.07) is 18.6. The smallest absolute Gasteiger partial charge is 0.252 e. The standard InChI is InChI=1S/C45H54N6O8/c1-27(2)20-32-26-59-34-18-14-30(15-19-34)22-38(48-42(54)36-23-41(53)50(4)39-9-7-6-8-35(36)39)44(56)49-37(21-29-12-16-33(58-5)17-13-29)43(55)46-28(3)45(57)51(24-31-10-11-31)25-40(52)47-32/h6-9,12-19,23,27-28,31-32,37-38H,10-11,20-22,24-26H2,1-5H3,(H,46,55)(H,47,52)(H,48,54)(H,49,56)/t28-,32+,37+,38+/m1/s1. The van der Waals surface area contributed by atoms with Gasteiger partial charge in [-0.25, -0.2) is 0 Å². The van der Waals surface area contributed by atoms with Gasteiger partial charge in [0.2, 0.25) is 23.6 Å². The number of carbonyl (C=O) groups is 5. The molecule has 4 N–H and O–H groups in total. The highest BCUT2D eigenvalue weighted by Crippen LogP contribution is 2.30. The van der Waals surface area contributed by atoms with E-state index in [-0.39, 0.29) is 55.3 Å². The molecule has 2 aliphatic heterocycles. The van der Waals surface area contributed by atoms with Crippen LogP contribution in [0.1, 0.15) is 61.5 Å². The predicted octanol–water partition coefficient (Wildman–Crippen LogP) is 3.28. The minimum atomic E-state index is -1.20. The number of hydrogen-bond donors (Lipinski definition) is 4. The first kappa shape index (κ1) is 42.4. The quantitative estimate of drug-likeness (QED) is 0.186. The minimum Gasteiger partial charge on any atom is -0.497 e. The Morgan fingerprint density at radius 1 is 0.915 bits per heavy atom. The van der Waals surface area contributed by atoms with Crippen LogP contribution in [-0.4, -0.2) is 90.0 Å². The second kappa shape index (κ2) is 19.0. The molecule has 1 aliphatic carbocycles. The molecule has 0 unspecified atom stereocenters. The fraction of sp³-hybridized carbons (Fsp3) is 0.422. The zero-order chi connectivity index (χ0) is 42.2. The number of amides is 5. The number of aryl methyl sites for hydroxylation is 1. The lowest BCUT2D eigenvalue weighted by Gasteiger charge is -2.29. The van der Waals surface area contributed by atoms with E-state index in [9.17, 15) is 28.8 Å². The van der Waals surface area contributed by atoms with E-state index in [1.165, 1.54) is 15.5 Å². The molecule has 4 aromatic rings. The summed E-state index contributed by atoms with van der Waals surface area (Å²) in [4.78, 5) is 84.6. The first-order chi connectivity index (χ1) is 28.3. The molecule has 3 heterocycles. The van der Waals surface area contributed by atoms with Gasteiger partial charge in [-0.1, -0.05) is 56.3 Å². The zero-order valence-corrected chi connectivity index (χ0v) is 34.3. The summed E-state index contributed by atoms with van der Waals surface area (Å²) in [5.74, 6) is -1.00. The number of ether oxygens (including phenoxy) is 2. The Labute approximate surface area is 344 Å². The Kier molecular flexibility index (Phi) is 13.7. The zero-order valence-electron chi connectivity index (χ0n) is 34.3. The number of methoxy groups -OCH3 is 1. The highest BCUT2D eigenvalue weighted by Gasteiger charge is 2.34. The van der Waals surface area contributed by atoms with Gasteiger partial charge < -0.3 is 40.2 Å². The predicted molar refractivity (Wildman–Crippen MR) is 223 cm³/mol. The number of fused-ring (bicyclic) bond motifs is 18. The second-order valence-electron chi connectivity index (χ2n) is 16.1. The molecule has 0 spiro atoms. The van der Waals surface area contributed by atoms with Gasteiger partial charge >= 0.3 is 0 Å². The summed E-state index contributed by atoms with van der Waals surface area (Å²) in [5, 5.41) is 12.1. The minimum absolute atomic E-state index is 0.0224. The van der Waals surface area contributed by atoms with Crippen LogP contribution in [-0.2, 0) is 39.1 Å². The third kappa shape index (κ3) is 11.3. The van der Waals surface area contributed by atoms with Crippen LogP contribution < -0.4 is 36.3 Å². The molecule has 3 aromatic carbocycles. The molecule has 14 heteroatoms. The number of hydrogen-bond acceptors (Lipinski definition) is 8. The molecule has 1 aromatic heterocycles. The Balaban J connectivity index is 1.35. The lowest BCUT2D eigenvalue weighted by atomic mass is 10.0. The van der Waals surface area contributed by atoms with Crippen LogP contribution in [0.15, 0.2) is 83.7 Å². The average molecular weight is 807 g/mol. The SMILES string of the molecule is COc1ccc(C[C@@H]2NC(=O)[C@@H](NC(=O)c3cc(=O)n(C)c4ccccc34)Cc3ccc(cc3)OC[C@H](CC(C)C)NC(=O)CN(CC3CC3)C(=O)[C@@H](C)NC2=O)cc1. The number of nitrogens with one attached hydrogen (secondary N) is 4. The number of pyridine rings is 1. The molecule has 0 radical (unpaired) electrons. The maximum absolute atomic E-state index is 14.4. The number of aromatic nitrogens is 1. The van der Waals surface area contributed by atoms with Gasteiger partial charge in [0.05, 0.1) is 30.8 Å². The van der Waals surface area contributed by atoms with Crippen LogP contribution in [0, 0.1) is 11.8 Å². The molecule has 312 valence electrons. The van der Waals surface area contributed by atoms with Crippen LogP contribution in [0.3, 0.4) is 0 Å². The Morgan fingerprint density at radius 3 is 2.31 bits per heavy atom. The molecule has 1 saturated carbocycles. The van der Waals surface area contributed by atoms with E-state index in [1.807, 2.05) is 0 Å². The van der Waals surface area contributed by atoms with Crippen molar-refractivity contribution in [2.75, 3.05) is 26.8 Å². The van der Waals surface area contributed by atoms with Gasteiger partial charge in [-0.15, -0.1) is 0 Å². The molecule has 7 rings (SSSR count). The fourth-order valence-corrected chi connectivity index (χ4v) is 7.36. The van der Waals surface area contributed by atoms with Crippen LogP contribution in [0.5, 0.6) is 11.5 Å². The van der Waals surface area contributed by atoms with Gasteiger partial charge in [0.25, 0.3) is 11.5 Å². The van der Waals surface area contributed by atoms with Crippen molar-refractivity contribution in [1.29, 1.82) is 0 Å². The van der Waals surface area contributed by atoms with Crippen LogP contribution in [0.25, 0.3) is 10.9 Å². The van der Waals surface area contributed by atoms with Gasteiger partial charge in [0.1, 0.15) is 36.2 Å². The van der Waals surface area contributed by atoms with Crippen LogP contribution >= 0.6 is 0 Å². The molecule has 4 atom stereocenters. The number of para-hydroxylation sites is 1. The monoisotopic (exact) mass is 806 g/mol. The third-order valence-corrected chi connectivity index (χ3v) is 10.7. The Hall–Kier alpha value is -6.18. The van der Waals surface area contributed by atoms with Crippen molar-refractivity contribution in [1.82, 2.24) is 30.7 Å². The fourth-order valence-electron chi connectivity index (χ4n) is 7.36. The normalized spacial score (nSPS) is 21.0. The summed E-state index contributed by atoms with van der Waals surface area (Å²) in [5.41, 5.74) is 1.64. The van der Waals surface area contributed by atoms with Crippen molar-refractivity contribution in [2.24, 2.45) is 18.9 Å². The average Bonchev–Trinajstić information content (AvgIpc) is 4.04. The summed E-state index contributed by atoms with van der Waals surface area (Å²) in [6.45, 7) is 6.05. The van der Waals surface area contributed by atoms with Crippen molar-refractivity contribution in [2.45, 2.75) is 77.0 Å². The molecule has 14 nitrogen and oxygen atoms in total. The maximum Gasteiger partial charge on any atom is 0.252 e.